The van der Waals surface area contributed by atoms with Crippen LogP contribution in [0.25, 0.3) is 0 Å². The van der Waals surface area contributed by atoms with Crippen LogP contribution in [0.5, 0.6) is 0 Å². The summed E-state index contributed by atoms with van der Waals surface area (Å²) in [5.74, 6) is 0.486. The fourth-order valence-electron chi connectivity index (χ4n) is 3.04. The van der Waals surface area contributed by atoms with Gasteiger partial charge in [0.15, 0.2) is 0 Å². The number of unbranched alkanes of at least 4 members (excludes halogenated alkanes) is 2. The third-order valence-corrected chi connectivity index (χ3v) is 4.66. The van der Waals surface area contributed by atoms with Gasteiger partial charge < -0.3 is 25.6 Å². The smallest absolute Gasteiger partial charge is 0.146 e. The molecule has 29 heavy (non-hydrogen) atoms. The molecule has 158 valence electrons. The molecule has 1 aromatic carbocycles. The van der Waals surface area contributed by atoms with E-state index in [1.165, 1.54) is 0 Å². The maximum absolute atomic E-state index is 9.23. The number of aliphatic hydroxyl groups is 2. The molecule has 0 saturated heterocycles. The van der Waals surface area contributed by atoms with E-state index in [9.17, 15) is 10.2 Å². The maximum atomic E-state index is 9.23. The Morgan fingerprint density at radius 2 is 1.86 bits per heavy atom. The van der Waals surface area contributed by atoms with E-state index < -0.39 is 0 Å². The molecule has 1 aromatic rings. The monoisotopic (exact) mass is 400 g/mol. The molecule has 0 aromatic heterocycles. The van der Waals surface area contributed by atoms with Crippen LogP contribution in [0.3, 0.4) is 0 Å². The first-order valence-corrected chi connectivity index (χ1v) is 10.1. The van der Waals surface area contributed by atoms with Crippen LogP contribution < -0.4 is 10.6 Å². The van der Waals surface area contributed by atoms with Gasteiger partial charge in [-0.1, -0.05) is 19.8 Å². The third kappa shape index (κ3) is 6.44. The maximum Gasteiger partial charge on any atom is 0.146 e. The van der Waals surface area contributed by atoms with E-state index in [0.717, 1.165) is 36.2 Å². The zero-order valence-corrected chi connectivity index (χ0v) is 17.3. The summed E-state index contributed by atoms with van der Waals surface area (Å²) in [5.41, 5.74) is 9.98. The first-order chi connectivity index (χ1) is 14.0. The SMILES string of the molecule is CCCCCOC1=C/C(=N/c2ccc(N(CCO)CCO)cc2C)C(N)=CC1=N. The van der Waals surface area contributed by atoms with E-state index in [0.29, 0.717) is 36.9 Å². The van der Waals surface area contributed by atoms with E-state index in [-0.39, 0.29) is 18.9 Å². The summed E-state index contributed by atoms with van der Waals surface area (Å²) in [7, 11) is 0. The molecule has 0 radical (unpaired) electrons. The predicted molar refractivity (Wildman–Crippen MR) is 118 cm³/mol. The first kappa shape index (κ1) is 22.6. The van der Waals surface area contributed by atoms with Crippen molar-refractivity contribution < 1.29 is 14.9 Å². The molecule has 0 heterocycles. The summed E-state index contributed by atoms with van der Waals surface area (Å²) in [6.45, 7) is 5.60. The van der Waals surface area contributed by atoms with Crippen LogP contribution in [-0.2, 0) is 4.74 Å². The Labute approximate surface area is 172 Å². The van der Waals surface area contributed by atoms with Gasteiger partial charge in [-0.3, -0.25) is 5.41 Å². The normalized spacial score (nSPS) is 15.3. The van der Waals surface area contributed by atoms with Crippen molar-refractivity contribution >= 4 is 22.8 Å². The Kier molecular flexibility index (Phi) is 8.89. The van der Waals surface area contributed by atoms with Gasteiger partial charge in [0.2, 0.25) is 0 Å². The zero-order valence-electron chi connectivity index (χ0n) is 17.3. The summed E-state index contributed by atoms with van der Waals surface area (Å²) >= 11 is 0. The van der Waals surface area contributed by atoms with Gasteiger partial charge in [-0.05, 0) is 43.2 Å². The predicted octanol–water partition coefficient (Wildman–Crippen LogP) is 2.83. The van der Waals surface area contributed by atoms with E-state index in [4.69, 9.17) is 15.9 Å². The summed E-state index contributed by atoms with van der Waals surface area (Å²) in [4.78, 5) is 6.59. The Morgan fingerprint density at radius 3 is 2.48 bits per heavy atom. The van der Waals surface area contributed by atoms with Gasteiger partial charge in [0, 0.05) is 24.9 Å². The number of nitrogens with two attached hydrogens (primary N) is 1. The van der Waals surface area contributed by atoms with Crippen molar-refractivity contribution in [3.63, 3.8) is 0 Å². The Balaban J connectivity index is 2.23. The van der Waals surface area contributed by atoms with Crippen LogP contribution in [0, 0.1) is 12.3 Å². The van der Waals surface area contributed by atoms with E-state index in [1.54, 1.807) is 12.2 Å². The zero-order chi connectivity index (χ0) is 21.2. The average molecular weight is 401 g/mol. The molecule has 0 fully saturated rings. The van der Waals surface area contributed by atoms with E-state index >= 15 is 0 Å². The molecule has 2 rings (SSSR count). The Morgan fingerprint density at radius 1 is 1.14 bits per heavy atom. The molecule has 0 spiro atoms. The van der Waals surface area contributed by atoms with Crippen molar-refractivity contribution in [3.8, 4) is 0 Å². The van der Waals surface area contributed by atoms with Gasteiger partial charge in [-0.15, -0.1) is 0 Å². The number of allylic oxidation sites excluding steroid dienone is 2. The highest BCUT2D eigenvalue weighted by Crippen LogP contribution is 2.26. The molecule has 1 aliphatic carbocycles. The molecule has 0 bridgehead atoms. The van der Waals surface area contributed by atoms with Gasteiger partial charge in [-0.2, -0.15) is 0 Å². The number of benzene rings is 1. The van der Waals surface area contributed by atoms with Crippen molar-refractivity contribution in [2.75, 3.05) is 37.8 Å². The second-order valence-corrected chi connectivity index (χ2v) is 6.98. The van der Waals surface area contributed by atoms with Crippen molar-refractivity contribution in [1.82, 2.24) is 0 Å². The molecule has 0 saturated carbocycles. The lowest BCUT2D eigenvalue weighted by atomic mass is 10.1. The number of hydrogen-bond donors (Lipinski definition) is 4. The summed E-state index contributed by atoms with van der Waals surface area (Å²) in [5, 5.41) is 26.5. The number of hydrogen-bond acceptors (Lipinski definition) is 7. The molecule has 5 N–H and O–H groups in total. The van der Waals surface area contributed by atoms with Crippen LogP contribution in [0.4, 0.5) is 11.4 Å². The highest BCUT2D eigenvalue weighted by atomic mass is 16.5. The number of aryl methyl sites for hydroxylation is 1. The Bertz CT molecular complexity index is 793. The lowest BCUT2D eigenvalue weighted by Gasteiger charge is -2.23. The summed E-state index contributed by atoms with van der Waals surface area (Å²) in [6.07, 6.45) is 6.45. The van der Waals surface area contributed by atoms with Crippen molar-refractivity contribution in [2.24, 2.45) is 10.7 Å². The highest BCUT2D eigenvalue weighted by molar-refractivity contribution is 6.22. The quantitative estimate of drug-likeness (QED) is 0.337. The van der Waals surface area contributed by atoms with E-state index in [2.05, 4.69) is 11.9 Å². The van der Waals surface area contributed by atoms with Crippen LogP contribution in [0.2, 0.25) is 0 Å². The number of rotatable bonds is 11. The standard InChI is InChI=1S/C22H32N4O3/c1-3-4-5-12-29-22-15-21(18(23)14-19(22)24)25-20-7-6-17(13-16(20)2)26(8-10-27)9-11-28/h6-7,13-15,24,27-28H,3-5,8-12,23H2,1-2H3/b24-19?,25-21-. The fourth-order valence-corrected chi connectivity index (χ4v) is 3.04. The van der Waals surface area contributed by atoms with Crippen LogP contribution in [-0.4, -0.2) is 54.5 Å². The van der Waals surface area contributed by atoms with Gasteiger partial charge in [0.05, 0.1) is 42.6 Å². The topological polar surface area (TPSA) is 115 Å². The van der Waals surface area contributed by atoms with Crippen molar-refractivity contribution in [1.29, 1.82) is 5.41 Å². The van der Waals surface area contributed by atoms with Crippen molar-refractivity contribution in [3.05, 3.63) is 47.4 Å². The Hall–Kier alpha value is -2.64. The molecule has 1 aliphatic rings. The molecule has 0 amide bonds. The van der Waals surface area contributed by atoms with Crippen LogP contribution in [0.1, 0.15) is 31.7 Å². The number of aliphatic hydroxyl groups excluding tert-OH is 2. The average Bonchev–Trinajstić information content (AvgIpc) is 2.69. The molecular formula is C22H32N4O3. The highest BCUT2D eigenvalue weighted by Gasteiger charge is 2.16. The number of ether oxygens (including phenoxy) is 1. The van der Waals surface area contributed by atoms with Gasteiger partial charge in [-0.25, -0.2) is 4.99 Å². The summed E-state index contributed by atoms with van der Waals surface area (Å²) in [6, 6.07) is 5.78. The second-order valence-electron chi connectivity index (χ2n) is 6.98. The lowest BCUT2D eigenvalue weighted by Crippen LogP contribution is -2.29. The molecule has 7 heteroatoms. The van der Waals surface area contributed by atoms with Gasteiger partial charge in [0.25, 0.3) is 0 Å². The minimum Gasteiger partial charge on any atom is -0.491 e. The number of nitrogens with one attached hydrogen (secondary N) is 1. The fraction of sp³-hybridized carbons (Fsp3) is 0.455. The van der Waals surface area contributed by atoms with E-state index in [1.807, 2.05) is 30.0 Å². The molecule has 0 atom stereocenters. The number of anilines is 1. The molecule has 0 unspecified atom stereocenters. The summed E-state index contributed by atoms with van der Waals surface area (Å²) < 4.78 is 5.75. The largest absolute Gasteiger partial charge is 0.491 e. The van der Waals surface area contributed by atoms with Crippen molar-refractivity contribution in [2.45, 2.75) is 33.1 Å². The first-order valence-electron chi connectivity index (χ1n) is 10.1. The molecule has 7 nitrogen and oxygen atoms in total. The molecule has 0 aliphatic heterocycles. The van der Waals surface area contributed by atoms with Gasteiger partial charge in [0.1, 0.15) is 5.76 Å². The number of nitrogens with zero attached hydrogens (tertiary/aromatic N) is 2. The third-order valence-electron chi connectivity index (χ3n) is 4.66. The van der Waals surface area contributed by atoms with Gasteiger partial charge >= 0.3 is 0 Å². The molecular weight excluding hydrogens is 368 g/mol. The lowest BCUT2D eigenvalue weighted by molar-refractivity contribution is 0.224. The minimum absolute atomic E-state index is 0.0161. The minimum atomic E-state index is 0.0161. The second kappa shape index (κ2) is 11.4. The van der Waals surface area contributed by atoms with Crippen LogP contribution >= 0.6 is 0 Å². The number of aliphatic imine (C=N–C) groups is 1. The van der Waals surface area contributed by atoms with Crippen LogP contribution in [0.15, 0.2) is 46.8 Å².